The molecule has 0 radical (unpaired) electrons. The number of nitrogens with zero attached hydrogens (tertiary/aromatic N) is 2. The first-order chi connectivity index (χ1) is 8.45. The number of hydrogen-bond donors (Lipinski definition) is 2. The van der Waals surface area contributed by atoms with Crippen molar-refractivity contribution in [3.8, 4) is 5.75 Å². The van der Waals surface area contributed by atoms with Crippen LogP contribution in [0.1, 0.15) is 32.4 Å². The van der Waals surface area contributed by atoms with Crippen LogP contribution in [0.2, 0.25) is 0 Å². The van der Waals surface area contributed by atoms with Gasteiger partial charge in [-0.2, -0.15) is 5.10 Å². The number of aromatic amines is 1. The first-order valence-corrected chi connectivity index (χ1v) is 5.85. The summed E-state index contributed by atoms with van der Waals surface area (Å²) < 4.78 is 5.58. The maximum Gasteiger partial charge on any atom is 0.162 e. The standard InChI is InChI=1S/C13H18N4O/c1-13(2,3)12-15-11(16-17-12)8-18-10-6-4-9(14)5-7-10/h4-7H,8,14H2,1-3H3,(H,15,16,17). The van der Waals surface area contributed by atoms with Crippen LogP contribution in [0, 0.1) is 0 Å². The smallest absolute Gasteiger partial charge is 0.162 e. The normalized spacial score (nSPS) is 11.5. The molecule has 0 saturated heterocycles. The Hall–Kier alpha value is -2.04. The molecule has 0 atom stereocenters. The van der Waals surface area contributed by atoms with E-state index in [9.17, 15) is 0 Å². The predicted octanol–water partition coefficient (Wildman–Crippen LogP) is 2.26. The number of aromatic nitrogens is 3. The molecule has 1 heterocycles. The minimum atomic E-state index is -0.0596. The van der Waals surface area contributed by atoms with E-state index in [0.29, 0.717) is 6.61 Å². The van der Waals surface area contributed by atoms with Crippen molar-refractivity contribution in [1.29, 1.82) is 0 Å². The van der Waals surface area contributed by atoms with Crippen molar-refractivity contribution in [2.45, 2.75) is 32.8 Å². The molecular formula is C13H18N4O. The van der Waals surface area contributed by atoms with Crippen LogP contribution in [-0.2, 0) is 12.0 Å². The SMILES string of the molecule is CC(C)(C)c1n[nH]c(COc2ccc(N)cc2)n1. The minimum absolute atomic E-state index is 0.0596. The average Bonchev–Trinajstić information content (AvgIpc) is 2.77. The van der Waals surface area contributed by atoms with Crippen molar-refractivity contribution >= 4 is 5.69 Å². The van der Waals surface area contributed by atoms with Gasteiger partial charge in [0, 0.05) is 11.1 Å². The molecule has 0 aliphatic carbocycles. The number of H-pyrrole nitrogens is 1. The Morgan fingerprint density at radius 1 is 1.22 bits per heavy atom. The fourth-order valence-corrected chi connectivity index (χ4v) is 1.41. The van der Waals surface area contributed by atoms with Gasteiger partial charge in [0.2, 0.25) is 0 Å². The zero-order valence-corrected chi connectivity index (χ0v) is 10.9. The van der Waals surface area contributed by atoms with Crippen LogP contribution in [0.3, 0.4) is 0 Å². The van der Waals surface area contributed by atoms with E-state index >= 15 is 0 Å². The second-order valence-corrected chi connectivity index (χ2v) is 5.21. The summed E-state index contributed by atoms with van der Waals surface area (Å²) in [5.74, 6) is 2.27. The van der Waals surface area contributed by atoms with Crippen molar-refractivity contribution < 1.29 is 4.74 Å². The highest BCUT2D eigenvalue weighted by Crippen LogP contribution is 2.18. The Balaban J connectivity index is 1.98. The van der Waals surface area contributed by atoms with E-state index in [1.807, 2.05) is 12.1 Å². The van der Waals surface area contributed by atoms with Gasteiger partial charge in [-0.1, -0.05) is 20.8 Å². The van der Waals surface area contributed by atoms with Gasteiger partial charge in [0.25, 0.3) is 0 Å². The van der Waals surface area contributed by atoms with E-state index in [1.165, 1.54) is 0 Å². The first-order valence-electron chi connectivity index (χ1n) is 5.85. The van der Waals surface area contributed by atoms with E-state index < -0.39 is 0 Å². The molecule has 96 valence electrons. The molecule has 1 aromatic carbocycles. The molecule has 0 spiro atoms. The van der Waals surface area contributed by atoms with E-state index in [0.717, 1.165) is 23.1 Å². The lowest BCUT2D eigenvalue weighted by molar-refractivity contribution is 0.296. The molecule has 1 aromatic heterocycles. The van der Waals surface area contributed by atoms with Crippen LogP contribution < -0.4 is 10.5 Å². The highest BCUT2D eigenvalue weighted by Gasteiger charge is 2.19. The molecule has 0 aliphatic heterocycles. The lowest BCUT2D eigenvalue weighted by Gasteiger charge is -2.11. The van der Waals surface area contributed by atoms with Crippen molar-refractivity contribution in [1.82, 2.24) is 15.2 Å². The largest absolute Gasteiger partial charge is 0.486 e. The Bertz CT molecular complexity index is 511. The summed E-state index contributed by atoms with van der Waals surface area (Å²) in [6.07, 6.45) is 0. The summed E-state index contributed by atoms with van der Waals surface area (Å²) in [7, 11) is 0. The monoisotopic (exact) mass is 246 g/mol. The van der Waals surface area contributed by atoms with Crippen LogP contribution in [-0.4, -0.2) is 15.2 Å². The van der Waals surface area contributed by atoms with Crippen molar-refractivity contribution in [3.05, 3.63) is 35.9 Å². The Labute approximate surface area is 106 Å². The number of rotatable bonds is 3. The highest BCUT2D eigenvalue weighted by atomic mass is 16.5. The number of ether oxygens (including phenoxy) is 1. The third kappa shape index (κ3) is 3.00. The second-order valence-electron chi connectivity index (χ2n) is 5.21. The lowest BCUT2D eigenvalue weighted by Crippen LogP contribution is -2.13. The zero-order valence-electron chi connectivity index (χ0n) is 10.9. The maximum atomic E-state index is 5.60. The molecule has 0 aliphatic rings. The number of hydrogen-bond acceptors (Lipinski definition) is 4. The van der Waals surface area contributed by atoms with Crippen LogP contribution in [0.15, 0.2) is 24.3 Å². The van der Waals surface area contributed by atoms with Gasteiger partial charge in [0.1, 0.15) is 12.4 Å². The predicted molar refractivity (Wildman–Crippen MR) is 70.3 cm³/mol. The Morgan fingerprint density at radius 3 is 2.44 bits per heavy atom. The van der Waals surface area contributed by atoms with Gasteiger partial charge in [-0.25, -0.2) is 4.98 Å². The highest BCUT2D eigenvalue weighted by molar-refractivity contribution is 5.41. The minimum Gasteiger partial charge on any atom is -0.486 e. The number of nitrogens with two attached hydrogens (primary N) is 1. The quantitative estimate of drug-likeness (QED) is 0.814. The van der Waals surface area contributed by atoms with Crippen LogP contribution in [0.5, 0.6) is 5.75 Å². The van der Waals surface area contributed by atoms with Gasteiger partial charge in [-0.05, 0) is 24.3 Å². The fraction of sp³-hybridized carbons (Fsp3) is 0.385. The third-order valence-electron chi connectivity index (χ3n) is 2.46. The molecule has 0 bridgehead atoms. The molecule has 5 nitrogen and oxygen atoms in total. The second kappa shape index (κ2) is 4.68. The molecule has 0 fully saturated rings. The number of nitrogens with one attached hydrogen (secondary N) is 1. The average molecular weight is 246 g/mol. The molecule has 5 heteroatoms. The Kier molecular flexibility index (Phi) is 3.23. The van der Waals surface area contributed by atoms with E-state index in [1.54, 1.807) is 12.1 Å². The molecule has 0 saturated carbocycles. The van der Waals surface area contributed by atoms with Crippen LogP contribution in [0.25, 0.3) is 0 Å². The summed E-state index contributed by atoms with van der Waals surface area (Å²) in [4.78, 5) is 4.40. The third-order valence-corrected chi connectivity index (χ3v) is 2.46. The van der Waals surface area contributed by atoms with Crippen LogP contribution >= 0.6 is 0 Å². The number of nitrogen functional groups attached to an aromatic ring is 1. The molecule has 2 rings (SSSR count). The molecule has 3 N–H and O–H groups in total. The van der Waals surface area contributed by atoms with Gasteiger partial charge in [0.05, 0.1) is 0 Å². The number of benzene rings is 1. The number of anilines is 1. The van der Waals surface area contributed by atoms with Crippen LogP contribution in [0.4, 0.5) is 5.69 Å². The van der Waals surface area contributed by atoms with E-state index in [4.69, 9.17) is 10.5 Å². The fourth-order valence-electron chi connectivity index (χ4n) is 1.41. The topological polar surface area (TPSA) is 76.8 Å². The summed E-state index contributed by atoms with van der Waals surface area (Å²) in [5.41, 5.74) is 6.26. The zero-order chi connectivity index (χ0) is 13.2. The molecule has 18 heavy (non-hydrogen) atoms. The van der Waals surface area contributed by atoms with E-state index in [-0.39, 0.29) is 5.41 Å². The summed E-state index contributed by atoms with van der Waals surface area (Å²) in [6.45, 7) is 6.58. The molecule has 2 aromatic rings. The van der Waals surface area contributed by atoms with Crippen molar-refractivity contribution in [3.63, 3.8) is 0 Å². The maximum absolute atomic E-state index is 5.60. The molecule has 0 amide bonds. The van der Waals surface area contributed by atoms with E-state index in [2.05, 4.69) is 36.0 Å². The lowest BCUT2D eigenvalue weighted by atomic mass is 9.96. The van der Waals surface area contributed by atoms with Gasteiger partial charge in [-0.3, -0.25) is 5.10 Å². The van der Waals surface area contributed by atoms with Crippen molar-refractivity contribution in [2.24, 2.45) is 0 Å². The van der Waals surface area contributed by atoms with Gasteiger partial charge >= 0.3 is 0 Å². The Morgan fingerprint density at radius 2 is 1.89 bits per heavy atom. The van der Waals surface area contributed by atoms with Crippen molar-refractivity contribution in [2.75, 3.05) is 5.73 Å². The van der Waals surface area contributed by atoms with Gasteiger partial charge in [0.15, 0.2) is 11.6 Å². The van der Waals surface area contributed by atoms with Gasteiger partial charge in [-0.15, -0.1) is 0 Å². The summed E-state index contributed by atoms with van der Waals surface area (Å²) in [5, 5.41) is 7.06. The summed E-state index contributed by atoms with van der Waals surface area (Å²) in [6, 6.07) is 7.26. The first kappa shape index (κ1) is 12.4. The van der Waals surface area contributed by atoms with Gasteiger partial charge < -0.3 is 10.5 Å². The summed E-state index contributed by atoms with van der Waals surface area (Å²) >= 11 is 0. The molecular weight excluding hydrogens is 228 g/mol. The molecule has 0 unspecified atom stereocenters.